The lowest BCUT2D eigenvalue weighted by Gasteiger charge is -2.36. The van der Waals surface area contributed by atoms with Crippen LogP contribution in [0.3, 0.4) is 0 Å². The van der Waals surface area contributed by atoms with E-state index in [0.717, 1.165) is 6.42 Å². The molecule has 1 saturated heterocycles. The lowest BCUT2D eigenvalue weighted by Crippen LogP contribution is -2.47. The van der Waals surface area contributed by atoms with Crippen LogP contribution in [0.5, 0.6) is 0 Å². The monoisotopic (exact) mass is 289 g/mol. The number of esters is 1. The van der Waals surface area contributed by atoms with E-state index in [-0.39, 0.29) is 17.2 Å². The standard InChI is InChI=1S/C16H19NO4/c1-4-16(2)9-13(18)17(14(19)10-16)12-7-5-11(6-8-12)15(20)21-3/h5-8H,4,9-10H2,1-3H3. The molecule has 1 heterocycles. The van der Waals surface area contributed by atoms with E-state index >= 15 is 0 Å². The predicted octanol–water partition coefficient (Wildman–Crippen LogP) is 2.54. The molecule has 1 aromatic rings. The number of hydrogen-bond donors (Lipinski definition) is 0. The molecule has 0 N–H and O–H groups in total. The first-order valence-electron chi connectivity index (χ1n) is 6.94. The van der Waals surface area contributed by atoms with Gasteiger partial charge in [-0.15, -0.1) is 0 Å². The zero-order chi connectivity index (χ0) is 15.6. The Balaban J connectivity index is 2.24. The maximum Gasteiger partial charge on any atom is 0.337 e. The van der Waals surface area contributed by atoms with Crippen LogP contribution in [0.1, 0.15) is 43.5 Å². The Labute approximate surface area is 123 Å². The molecule has 2 rings (SSSR count). The molecule has 1 aliphatic rings. The first-order chi connectivity index (χ1) is 9.90. The van der Waals surface area contributed by atoms with Crippen molar-refractivity contribution in [2.24, 2.45) is 5.41 Å². The van der Waals surface area contributed by atoms with E-state index in [1.165, 1.54) is 12.0 Å². The number of nitrogens with zero attached hydrogens (tertiary/aromatic N) is 1. The van der Waals surface area contributed by atoms with Crippen molar-refractivity contribution in [1.82, 2.24) is 0 Å². The van der Waals surface area contributed by atoms with Crippen LogP contribution in [-0.4, -0.2) is 24.9 Å². The number of hydrogen-bond acceptors (Lipinski definition) is 4. The Hall–Kier alpha value is -2.17. The second-order valence-corrected chi connectivity index (χ2v) is 5.68. The highest BCUT2D eigenvalue weighted by atomic mass is 16.5. The van der Waals surface area contributed by atoms with Crippen LogP contribution in [-0.2, 0) is 14.3 Å². The van der Waals surface area contributed by atoms with Gasteiger partial charge in [-0.05, 0) is 36.1 Å². The molecule has 0 radical (unpaired) electrons. The summed E-state index contributed by atoms with van der Waals surface area (Å²) in [4.78, 5) is 37.1. The minimum Gasteiger partial charge on any atom is -0.465 e. The van der Waals surface area contributed by atoms with Gasteiger partial charge in [-0.3, -0.25) is 14.5 Å². The van der Waals surface area contributed by atoms with E-state index in [4.69, 9.17) is 0 Å². The number of methoxy groups -OCH3 is 1. The lowest BCUT2D eigenvalue weighted by molar-refractivity contribution is -0.133. The molecule has 1 fully saturated rings. The zero-order valence-electron chi connectivity index (χ0n) is 12.5. The molecule has 112 valence electrons. The van der Waals surface area contributed by atoms with Gasteiger partial charge in [0.2, 0.25) is 11.8 Å². The van der Waals surface area contributed by atoms with Gasteiger partial charge in [0.1, 0.15) is 0 Å². The average molecular weight is 289 g/mol. The highest BCUT2D eigenvalue weighted by Crippen LogP contribution is 2.37. The SMILES string of the molecule is CCC1(C)CC(=O)N(c2ccc(C(=O)OC)cc2)C(=O)C1. The van der Waals surface area contributed by atoms with E-state index < -0.39 is 5.97 Å². The van der Waals surface area contributed by atoms with Crippen LogP contribution in [0.2, 0.25) is 0 Å². The normalized spacial score (nSPS) is 17.8. The second kappa shape index (κ2) is 5.68. The van der Waals surface area contributed by atoms with Crippen molar-refractivity contribution in [1.29, 1.82) is 0 Å². The van der Waals surface area contributed by atoms with Crippen LogP contribution in [0, 0.1) is 5.41 Å². The first-order valence-corrected chi connectivity index (χ1v) is 6.94. The Morgan fingerprint density at radius 1 is 1.19 bits per heavy atom. The number of carbonyl (C=O) groups excluding carboxylic acids is 3. The molecule has 0 saturated carbocycles. The summed E-state index contributed by atoms with van der Waals surface area (Å²) in [5.41, 5.74) is 0.628. The van der Waals surface area contributed by atoms with Gasteiger partial charge in [-0.25, -0.2) is 4.79 Å². The number of benzene rings is 1. The highest BCUT2D eigenvalue weighted by molar-refractivity contribution is 6.17. The molecule has 0 spiro atoms. The molecule has 0 bridgehead atoms. The summed E-state index contributed by atoms with van der Waals surface area (Å²) >= 11 is 0. The third kappa shape index (κ3) is 2.96. The van der Waals surface area contributed by atoms with Gasteiger partial charge in [0, 0.05) is 12.8 Å². The van der Waals surface area contributed by atoms with Crippen LogP contribution < -0.4 is 4.90 Å². The molecular weight excluding hydrogens is 270 g/mol. The summed E-state index contributed by atoms with van der Waals surface area (Å²) in [6.07, 6.45) is 1.50. The summed E-state index contributed by atoms with van der Waals surface area (Å²) in [5.74, 6) is -0.834. The largest absolute Gasteiger partial charge is 0.465 e. The third-order valence-corrected chi connectivity index (χ3v) is 4.05. The Morgan fingerprint density at radius 2 is 1.71 bits per heavy atom. The van der Waals surface area contributed by atoms with Crippen LogP contribution in [0.25, 0.3) is 0 Å². The molecule has 5 nitrogen and oxygen atoms in total. The minimum atomic E-state index is -0.448. The van der Waals surface area contributed by atoms with Crippen molar-refractivity contribution in [3.05, 3.63) is 29.8 Å². The molecule has 0 atom stereocenters. The molecule has 1 aliphatic heterocycles. The zero-order valence-corrected chi connectivity index (χ0v) is 12.5. The van der Waals surface area contributed by atoms with E-state index in [1.54, 1.807) is 24.3 Å². The van der Waals surface area contributed by atoms with Crippen molar-refractivity contribution in [3.63, 3.8) is 0 Å². The van der Waals surface area contributed by atoms with Gasteiger partial charge in [-0.1, -0.05) is 13.8 Å². The molecule has 2 amide bonds. The summed E-state index contributed by atoms with van der Waals surface area (Å²) in [6.45, 7) is 3.95. The number of imide groups is 1. The fourth-order valence-corrected chi connectivity index (χ4v) is 2.49. The molecule has 0 aliphatic carbocycles. The van der Waals surface area contributed by atoms with Crippen molar-refractivity contribution in [3.8, 4) is 0 Å². The number of anilines is 1. The van der Waals surface area contributed by atoms with Crippen molar-refractivity contribution < 1.29 is 19.1 Å². The minimum absolute atomic E-state index is 0.193. The topological polar surface area (TPSA) is 63.7 Å². The Morgan fingerprint density at radius 3 is 2.14 bits per heavy atom. The van der Waals surface area contributed by atoms with E-state index in [1.807, 2.05) is 13.8 Å². The van der Waals surface area contributed by atoms with Crippen LogP contribution in [0.15, 0.2) is 24.3 Å². The van der Waals surface area contributed by atoms with Crippen LogP contribution in [0.4, 0.5) is 5.69 Å². The molecule has 0 unspecified atom stereocenters. The number of amides is 2. The molecule has 1 aromatic carbocycles. The average Bonchev–Trinajstić information content (AvgIpc) is 2.46. The molecule has 21 heavy (non-hydrogen) atoms. The fourth-order valence-electron chi connectivity index (χ4n) is 2.49. The number of carbonyl (C=O) groups is 3. The molecule has 0 aromatic heterocycles. The van der Waals surface area contributed by atoms with Gasteiger partial charge in [0.05, 0.1) is 18.4 Å². The van der Waals surface area contributed by atoms with E-state index in [2.05, 4.69) is 4.74 Å². The maximum atomic E-state index is 12.3. The summed E-state index contributed by atoms with van der Waals surface area (Å²) in [6, 6.07) is 6.29. The summed E-state index contributed by atoms with van der Waals surface area (Å²) < 4.78 is 4.62. The Bertz CT molecular complexity index is 558. The quantitative estimate of drug-likeness (QED) is 0.633. The van der Waals surface area contributed by atoms with Gasteiger partial charge in [0.15, 0.2) is 0 Å². The second-order valence-electron chi connectivity index (χ2n) is 5.68. The first kappa shape index (κ1) is 15.2. The van der Waals surface area contributed by atoms with E-state index in [9.17, 15) is 14.4 Å². The van der Waals surface area contributed by atoms with Gasteiger partial charge in [-0.2, -0.15) is 0 Å². The summed E-state index contributed by atoms with van der Waals surface area (Å²) in [7, 11) is 1.31. The predicted molar refractivity (Wildman–Crippen MR) is 77.9 cm³/mol. The summed E-state index contributed by atoms with van der Waals surface area (Å²) in [5, 5.41) is 0. The highest BCUT2D eigenvalue weighted by Gasteiger charge is 2.39. The van der Waals surface area contributed by atoms with Crippen molar-refractivity contribution >= 4 is 23.5 Å². The van der Waals surface area contributed by atoms with Gasteiger partial charge in [0.25, 0.3) is 0 Å². The fraction of sp³-hybridized carbons (Fsp3) is 0.438. The lowest BCUT2D eigenvalue weighted by atomic mass is 9.77. The Kier molecular flexibility index (Phi) is 4.11. The smallest absolute Gasteiger partial charge is 0.337 e. The van der Waals surface area contributed by atoms with E-state index in [0.29, 0.717) is 24.1 Å². The number of piperidine rings is 1. The van der Waals surface area contributed by atoms with Crippen LogP contribution >= 0.6 is 0 Å². The van der Waals surface area contributed by atoms with Crippen molar-refractivity contribution in [2.45, 2.75) is 33.1 Å². The number of ether oxygens (including phenoxy) is 1. The third-order valence-electron chi connectivity index (χ3n) is 4.05. The van der Waals surface area contributed by atoms with Gasteiger partial charge >= 0.3 is 5.97 Å². The van der Waals surface area contributed by atoms with Gasteiger partial charge < -0.3 is 4.74 Å². The number of rotatable bonds is 3. The molecular formula is C16H19NO4. The molecule has 5 heteroatoms. The maximum absolute atomic E-state index is 12.3. The van der Waals surface area contributed by atoms with Crippen molar-refractivity contribution in [2.75, 3.05) is 12.0 Å².